The highest BCUT2D eigenvalue weighted by atomic mass is 35.5. The number of methoxy groups -OCH3 is 1. The molecule has 1 N–H and O–H groups in total. The third kappa shape index (κ3) is 3.53. The maximum atomic E-state index is 12.6. The lowest BCUT2D eigenvalue weighted by molar-refractivity contribution is -0.122. The van der Waals surface area contributed by atoms with Gasteiger partial charge in [0.15, 0.2) is 0 Å². The van der Waals surface area contributed by atoms with Crippen molar-refractivity contribution in [1.82, 2.24) is 9.78 Å². The summed E-state index contributed by atoms with van der Waals surface area (Å²) in [5.41, 5.74) is 0.576. The highest BCUT2D eigenvalue weighted by Gasteiger charge is 2.36. The molecule has 1 unspecified atom stereocenters. The van der Waals surface area contributed by atoms with Crippen LogP contribution in [-0.4, -0.2) is 35.2 Å². The van der Waals surface area contributed by atoms with Crippen LogP contribution >= 0.6 is 11.6 Å². The number of aromatic nitrogens is 2. The van der Waals surface area contributed by atoms with Crippen molar-refractivity contribution in [3.05, 3.63) is 35.5 Å². The molecule has 1 aliphatic rings. The largest absolute Gasteiger partial charge is 0.495 e. The van der Waals surface area contributed by atoms with E-state index in [0.717, 1.165) is 0 Å². The van der Waals surface area contributed by atoms with E-state index >= 15 is 0 Å². The molecule has 8 heteroatoms. The van der Waals surface area contributed by atoms with Gasteiger partial charge in [-0.3, -0.25) is 9.59 Å². The van der Waals surface area contributed by atoms with E-state index < -0.39 is 5.92 Å². The van der Waals surface area contributed by atoms with Gasteiger partial charge in [-0.25, -0.2) is 4.68 Å². The predicted octanol–water partition coefficient (Wildman–Crippen LogP) is 3.12. The smallest absolute Gasteiger partial charge is 0.230 e. The van der Waals surface area contributed by atoms with Crippen molar-refractivity contribution in [2.45, 2.75) is 26.3 Å². The van der Waals surface area contributed by atoms with Crippen LogP contribution in [0.1, 0.15) is 26.3 Å². The number of rotatable bonds is 5. The van der Waals surface area contributed by atoms with Crippen molar-refractivity contribution in [2.24, 2.45) is 5.92 Å². The topological polar surface area (TPSA) is 76.5 Å². The number of nitrogens with zero attached hydrogens (tertiary/aromatic N) is 3. The molecule has 0 spiro atoms. The van der Waals surface area contributed by atoms with Crippen LogP contribution in [0.15, 0.2) is 30.5 Å². The van der Waals surface area contributed by atoms with E-state index in [1.807, 2.05) is 13.8 Å². The van der Waals surface area contributed by atoms with Crippen molar-refractivity contribution in [1.29, 1.82) is 0 Å². The average molecular weight is 377 g/mol. The van der Waals surface area contributed by atoms with E-state index in [1.165, 1.54) is 7.11 Å². The van der Waals surface area contributed by atoms with Crippen LogP contribution in [0.25, 0.3) is 0 Å². The molecule has 1 aromatic heterocycles. The molecule has 3 rings (SSSR count). The van der Waals surface area contributed by atoms with E-state index in [9.17, 15) is 9.59 Å². The number of benzene rings is 1. The number of amides is 2. The number of halogens is 1. The molecular formula is C18H21ClN4O3. The zero-order chi connectivity index (χ0) is 18.8. The average Bonchev–Trinajstić information content (AvgIpc) is 3.21. The minimum absolute atomic E-state index is 0.123. The fourth-order valence-electron chi connectivity index (χ4n) is 3.04. The van der Waals surface area contributed by atoms with Gasteiger partial charge in [-0.15, -0.1) is 0 Å². The predicted molar refractivity (Wildman–Crippen MR) is 99.7 cm³/mol. The quantitative estimate of drug-likeness (QED) is 0.869. The second-order valence-electron chi connectivity index (χ2n) is 6.47. The Kier molecular flexibility index (Phi) is 5.18. The van der Waals surface area contributed by atoms with Gasteiger partial charge in [0.05, 0.1) is 24.9 Å². The van der Waals surface area contributed by atoms with Gasteiger partial charge in [0.2, 0.25) is 11.8 Å². The summed E-state index contributed by atoms with van der Waals surface area (Å²) in [5, 5.41) is 7.57. The van der Waals surface area contributed by atoms with Gasteiger partial charge in [-0.1, -0.05) is 11.6 Å². The van der Waals surface area contributed by atoms with E-state index in [1.54, 1.807) is 40.0 Å². The van der Waals surface area contributed by atoms with Crippen LogP contribution in [0.5, 0.6) is 5.75 Å². The number of carbonyl (C=O) groups is 2. The molecule has 1 aromatic carbocycles. The molecule has 7 nitrogen and oxygen atoms in total. The maximum absolute atomic E-state index is 12.6. The molecule has 26 heavy (non-hydrogen) atoms. The van der Waals surface area contributed by atoms with Crippen LogP contribution < -0.4 is 15.0 Å². The van der Waals surface area contributed by atoms with E-state index in [-0.39, 0.29) is 30.8 Å². The molecular weight excluding hydrogens is 356 g/mol. The summed E-state index contributed by atoms with van der Waals surface area (Å²) in [4.78, 5) is 26.7. The lowest BCUT2D eigenvalue weighted by Gasteiger charge is -2.20. The van der Waals surface area contributed by atoms with Crippen LogP contribution in [-0.2, 0) is 9.59 Å². The molecule has 138 valence electrons. The second-order valence-corrected chi connectivity index (χ2v) is 6.90. The molecule has 2 aromatic rings. The van der Waals surface area contributed by atoms with Crippen LogP contribution in [0.4, 0.5) is 11.5 Å². The fraction of sp³-hybridized carbons (Fsp3) is 0.389. The van der Waals surface area contributed by atoms with Gasteiger partial charge in [0.25, 0.3) is 0 Å². The van der Waals surface area contributed by atoms with E-state index in [4.69, 9.17) is 16.3 Å². The molecule has 1 aliphatic heterocycles. The molecule has 0 bridgehead atoms. The number of hydrogen-bond acceptors (Lipinski definition) is 4. The van der Waals surface area contributed by atoms with Crippen LogP contribution in [0, 0.1) is 5.92 Å². The van der Waals surface area contributed by atoms with Crippen molar-refractivity contribution in [3.63, 3.8) is 0 Å². The van der Waals surface area contributed by atoms with Gasteiger partial charge >= 0.3 is 0 Å². The second kappa shape index (κ2) is 7.37. The Balaban J connectivity index is 1.76. The Hall–Kier alpha value is -2.54. The Morgan fingerprint density at radius 1 is 1.38 bits per heavy atom. The van der Waals surface area contributed by atoms with E-state index in [0.29, 0.717) is 22.3 Å². The van der Waals surface area contributed by atoms with Crippen molar-refractivity contribution in [2.75, 3.05) is 23.9 Å². The minimum Gasteiger partial charge on any atom is -0.495 e. The maximum Gasteiger partial charge on any atom is 0.230 e. The first kappa shape index (κ1) is 18.3. The van der Waals surface area contributed by atoms with Gasteiger partial charge < -0.3 is 15.0 Å². The molecule has 1 saturated heterocycles. The van der Waals surface area contributed by atoms with Crippen molar-refractivity contribution >= 4 is 34.9 Å². The lowest BCUT2D eigenvalue weighted by Crippen LogP contribution is -2.29. The van der Waals surface area contributed by atoms with Gasteiger partial charge in [-0.2, -0.15) is 5.10 Å². The summed E-state index contributed by atoms with van der Waals surface area (Å²) < 4.78 is 7.05. The molecule has 0 aliphatic carbocycles. The fourth-order valence-corrected chi connectivity index (χ4v) is 3.21. The van der Waals surface area contributed by atoms with E-state index in [2.05, 4.69) is 10.4 Å². The Labute approximate surface area is 156 Å². The minimum atomic E-state index is -0.457. The molecule has 2 amide bonds. The zero-order valence-corrected chi connectivity index (χ0v) is 15.7. The summed E-state index contributed by atoms with van der Waals surface area (Å²) in [5.74, 6) is 0.368. The molecule has 0 radical (unpaired) electrons. The number of nitrogens with one attached hydrogen (secondary N) is 1. The summed E-state index contributed by atoms with van der Waals surface area (Å²) >= 11 is 6.06. The molecule has 1 atom stereocenters. The highest BCUT2D eigenvalue weighted by molar-refractivity contribution is 6.31. The summed E-state index contributed by atoms with van der Waals surface area (Å²) in [7, 11) is 1.53. The monoisotopic (exact) mass is 376 g/mol. The summed E-state index contributed by atoms with van der Waals surface area (Å²) in [6.07, 6.45) is 1.77. The Morgan fingerprint density at radius 2 is 2.15 bits per heavy atom. The lowest BCUT2D eigenvalue weighted by atomic mass is 10.1. The van der Waals surface area contributed by atoms with Crippen LogP contribution in [0.2, 0.25) is 5.02 Å². The number of anilines is 2. The first-order valence-electron chi connectivity index (χ1n) is 8.39. The van der Waals surface area contributed by atoms with Crippen LogP contribution in [0.3, 0.4) is 0 Å². The Morgan fingerprint density at radius 3 is 2.85 bits per heavy atom. The number of hydrogen-bond donors (Lipinski definition) is 1. The standard InChI is InChI=1S/C18H21ClN4O3/c1-11(2)23-16(6-7-20-23)21-18(25)12-8-17(24)22(10-12)14-9-13(19)4-5-15(14)26-3/h4-7,9,11-12H,8,10H2,1-3H3,(H,21,25). The number of ether oxygens (including phenoxy) is 1. The van der Waals surface area contributed by atoms with Gasteiger partial charge in [0.1, 0.15) is 11.6 Å². The van der Waals surface area contributed by atoms with Gasteiger partial charge in [0, 0.05) is 30.1 Å². The third-order valence-electron chi connectivity index (χ3n) is 4.34. The highest BCUT2D eigenvalue weighted by Crippen LogP contribution is 2.35. The molecule has 0 saturated carbocycles. The van der Waals surface area contributed by atoms with Gasteiger partial charge in [-0.05, 0) is 32.0 Å². The zero-order valence-electron chi connectivity index (χ0n) is 14.9. The first-order chi connectivity index (χ1) is 12.4. The normalized spacial score (nSPS) is 17.0. The molecule has 2 heterocycles. The number of carbonyl (C=O) groups excluding carboxylic acids is 2. The Bertz CT molecular complexity index is 834. The van der Waals surface area contributed by atoms with Crippen molar-refractivity contribution in [3.8, 4) is 5.75 Å². The SMILES string of the molecule is COc1ccc(Cl)cc1N1CC(C(=O)Nc2ccnn2C(C)C)CC1=O. The summed E-state index contributed by atoms with van der Waals surface area (Å²) in [6, 6.07) is 6.94. The first-order valence-corrected chi connectivity index (χ1v) is 8.76. The molecule has 1 fully saturated rings. The summed E-state index contributed by atoms with van der Waals surface area (Å²) in [6.45, 7) is 4.24. The third-order valence-corrected chi connectivity index (χ3v) is 4.57. The van der Waals surface area contributed by atoms with Crippen molar-refractivity contribution < 1.29 is 14.3 Å².